The number of hydrogen-bond acceptors (Lipinski definition) is 4. The van der Waals surface area contributed by atoms with Gasteiger partial charge < -0.3 is 14.4 Å². The molecule has 1 N–H and O–H groups in total. The normalized spacial score (nSPS) is 11.4. The molecule has 0 atom stereocenters. The van der Waals surface area contributed by atoms with Crippen molar-refractivity contribution in [1.82, 2.24) is 9.55 Å². The summed E-state index contributed by atoms with van der Waals surface area (Å²) in [7, 11) is 1.98. The van der Waals surface area contributed by atoms with Gasteiger partial charge in [-0.05, 0) is 24.1 Å². The molecule has 126 valence electrons. The van der Waals surface area contributed by atoms with Crippen LogP contribution in [0, 0.1) is 0 Å². The van der Waals surface area contributed by atoms with E-state index < -0.39 is 0 Å². The molecule has 7 heteroatoms. The van der Waals surface area contributed by atoms with E-state index in [4.69, 9.17) is 38.0 Å². The molecule has 1 aromatic carbocycles. The highest BCUT2D eigenvalue weighted by Crippen LogP contribution is 2.36. The van der Waals surface area contributed by atoms with Gasteiger partial charge in [-0.15, -0.1) is 0 Å². The molecule has 4 nitrogen and oxygen atoms in total. The molecule has 1 heterocycles. The predicted octanol–water partition coefficient (Wildman–Crippen LogP) is 4.51. The van der Waals surface area contributed by atoms with Gasteiger partial charge in [0.15, 0.2) is 0 Å². The molecule has 0 amide bonds. The van der Waals surface area contributed by atoms with Gasteiger partial charge in [-0.1, -0.05) is 48.8 Å². The zero-order valence-electron chi connectivity index (χ0n) is 13.3. The molecular weight excluding hydrogens is 355 g/mol. The van der Waals surface area contributed by atoms with Crippen LogP contribution in [0.2, 0.25) is 10.0 Å². The first-order valence-corrected chi connectivity index (χ1v) is 8.87. The number of benzene rings is 1. The maximum atomic E-state index is 8.83. The van der Waals surface area contributed by atoms with Gasteiger partial charge in [0.1, 0.15) is 17.5 Å². The highest BCUT2D eigenvalue weighted by Gasteiger charge is 2.18. The van der Waals surface area contributed by atoms with Crippen molar-refractivity contribution in [1.29, 1.82) is 0 Å². The fourth-order valence-corrected chi connectivity index (χ4v) is 4.18. The van der Waals surface area contributed by atoms with Crippen molar-refractivity contribution >= 4 is 35.0 Å². The number of nitrogens with zero attached hydrogens (tertiary/aromatic N) is 2. The number of imidazole rings is 1. The molecule has 0 saturated heterocycles. The molecular formula is C16H20Cl2N2O2S. The minimum atomic E-state index is 0.00405. The molecule has 0 spiro atoms. The minimum absolute atomic E-state index is 0.00405. The fourth-order valence-electron chi connectivity index (χ4n) is 2.30. The smallest absolute Gasteiger partial charge is 0.136 e. The van der Waals surface area contributed by atoms with Crippen LogP contribution in [0.3, 0.4) is 0 Å². The van der Waals surface area contributed by atoms with Crippen molar-refractivity contribution in [3.05, 3.63) is 39.8 Å². The van der Waals surface area contributed by atoms with E-state index in [1.54, 1.807) is 6.07 Å². The van der Waals surface area contributed by atoms with E-state index in [0.29, 0.717) is 29.2 Å². The Balaban J connectivity index is 2.30. The number of halogens is 2. The van der Waals surface area contributed by atoms with E-state index in [9.17, 15) is 0 Å². The van der Waals surface area contributed by atoms with Gasteiger partial charge >= 0.3 is 0 Å². The summed E-state index contributed by atoms with van der Waals surface area (Å²) in [6.07, 6.45) is 0. The Morgan fingerprint density at radius 3 is 2.48 bits per heavy atom. The Bertz CT molecular complexity index is 654. The van der Waals surface area contributed by atoms with Gasteiger partial charge in [0, 0.05) is 22.0 Å². The summed E-state index contributed by atoms with van der Waals surface area (Å²) in [6, 6.07) is 5.46. The Labute approximate surface area is 150 Å². The van der Waals surface area contributed by atoms with Crippen LogP contribution in [0.15, 0.2) is 28.1 Å². The maximum Gasteiger partial charge on any atom is 0.136 e. The monoisotopic (exact) mass is 374 g/mol. The third-order valence-electron chi connectivity index (χ3n) is 3.26. The van der Waals surface area contributed by atoms with Crippen molar-refractivity contribution in [2.45, 2.75) is 36.3 Å². The molecule has 2 rings (SSSR count). The van der Waals surface area contributed by atoms with Crippen LogP contribution in [-0.2, 0) is 18.4 Å². The maximum absolute atomic E-state index is 8.83. The Kier molecular flexibility index (Phi) is 6.80. The lowest BCUT2D eigenvalue weighted by molar-refractivity contribution is 0.0763. The quantitative estimate of drug-likeness (QED) is 0.724. The van der Waals surface area contributed by atoms with Gasteiger partial charge in [-0.3, -0.25) is 0 Å². The van der Waals surface area contributed by atoms with E-state index in [1.165, 1.54) is 11.8 Å². The van der Waals surface area contributed by atoms with Crippen molar-refractivity contribution in [3.63, 3.8) is 0 Å². The van der Waals surface area contributed by atoms with Gasteiger partial charge in [0.2, 0.25) is 0 Å². The standard InChI is InChI=1S/C16H20Cl2N2O2S/c1-10(2)15-16(19-14(20(15)3)9-22-5-4-21)23-13-7-11(17)6-12(18)8-13/h6-8,10,21H,4-5,9H2,1-3H3. The zero-order valence-corrected chi connectivity index (χ0v) is 15.7. The van der Waals surface area contributed by atoms with Crippen LogP contribution < -0.4 is 0 Å². The van der Waals surface area contributed by atoms with Gasteiger partial charge in [0.05, 0.1) is 18.9 Å². The van der Waals surface area contributed by atoms with E-state index in [-0.39, 0.29) is 6.61 Å². The first-order valence-electron chi connectivity index (χ1n) is 7.30. The molecule has 0 aliphatic rings. The van der Waals surface area contributed by atoms with Crippen LogP contribution in [0.4, 0.5) is 0 Å². The van der Waals surface area contributed by atoms with E-state index >= 15 is 0 Å². The molecule has 0 saturated carbocycles. The van der Waals surface area contributed by atoms with Gasteiger partial charge in [0.25, 0.3) is 0 Å². The molecule has 0 radical (unpaired) electrons. The number of rotatable bonds is 7. The second kappa shape index (κ2) is 8.40. The first kappa shape index (κ1) is 18.6. The minimum Gasteiger partial charge on any atom is -0.394 e. The number of hydrogen-bond donors (Lipinski definition) is 1. The van der Waals surface area contributed by atoms with E-state index in [1.807, 2.05) is 19.2 Å². The number of aromatic nitrogens is 2. The second-order valence-electron chi connectivity index (χ2n) is 5.42. The van der Waals surface area contributed by atoms with Crippen LogP contribution >= 0.6 is 35.0 Å². The Morgan fingerprint density at radius 2 is 1.91 bits per heavy atom. The van der Waals surface area contributed by atoms with Crippen molar-refractivity contribution in [2.24, 2.45) is 7.05 Å². The lowest BCUT2D eigenvalue weighted by Gasteiger charge is -2.10. The lowest BCUT2D eigenvalue weighted by Crippen LogP contribution is -2.07. The summed E-state index contributed by atoms with van der Waals surface area (Å²) in [5, 5.41) is 11.0. The summed E-state index contributed by atoms with van der Waals surface area (Å²) in [5.41, 5.74) is 1.13. The highest BCUT2D eigenvalue weighted by atomic mass is 35.5. The molecule has 0 fully saturated rings. The summed E-state index contributed by atoms with van der Waals surface area (Å²) >= 11 is 13.7. The second-order valence-corrected chi connectivity index (χ2v) is 7.35. The van der Waals surface area contributed by atoms with Gasteiger partial charge in [-0.25, -0.2) is 4.98 Å². The molecule has 23 heavy (non-hydrogen) atoms. The fraction of sp³-hybridized carbons (Fsp3) is 0.438. The molecule has 2 aromatic rings. The predicted molar refractivity (Wildman–Crippen MR) is 94.6 cm³/mol. The molecule has 0 aliphatic heterocycles. The Morgan fingerprint density at radius 1 is 1.26 bits per heavy atom. The van der Waals surface area contributed by atoms with Crippen molar-refractivity contribution in [3.8, 4) is 0 Å². The average molecular weight is 375 g/mol. The summed E-state index contributed by atoms with van der Waals surface area (Å²) in [6.45, 7) is 4.93. The van der Waals surface area contributed by atoms with Crippen LogP contribution in [0.1, 0.15) is 31.3 Å². The summed E-state index contributed by atoms with van der Waals surface area (Å²) < 4.78 is 7.45. The van der Waals surface area contributed by atoms with E-state index in [0.717, 1.165) is 21.4 Å². The van der Waals surface area contributed by atoms with Crippen LogP contribution in [0.5, 0.6) is 0 Å². The molecule has 1 aromatic heterocycles. The average Bonchev–Trinajstić information content (AvgIpc) is 2.74. The van der Waals surface area contributed by atoms with Crippen LogP contribution in [-0.4, -0.2) is 27.9 Å². The third-order valence-corrected chi connectivity index (χ3v) is 4.66. The molecule has 0 unspecified atom stereocenters. The largest absolute Gasteiger partial charge is 0.394 e. The molecule has 0 aliphatic carbocycles. The number of aliphatic hydroxyl groups excluding tert-OH is 1. The first-order chi connectivity index (χ1) is 10.9. The van der Waals surface area contributed by atoms with Crippen molar-refractivity contribution in [2.75, 3.05) is 13.2 Å². The SMILES string of the molecule is CC(C)c1c(Sc2cc(Cl)cc(Cl)c2)nc(COCCO)n1C. The van der Waals surface area contributed by atoms with E-state index in [2.05, 4.69) is 18.4 Å². The highest BCUT2D eigenvalue weighted by molar-refractivity contribution is 7.99. The van der Waals surface area contributed by atoms with Gasteiger partial charge in [-0.2, -0.15) is 0 Å². The summed E-state index contributed by atoms with van der Waals surface area (Å²) in [5.74, 6) is 1.15. The van der Waals surface area contributed by atoms with Crippen LogP contribution in [0.25, 0.3) is 0 Å². The topological polar surface area (TPSA) is 47.3 Å². The molecule has 0 bridgehead atoms. The third kappa shape index (κ3) is 4.88. The summed E-state index contributed by atoms with van der Waals surface area (Å²) in [4.78, 5) is 5.64. The Hall–Kier alpha value is -0.720. The number of aliphatic hydroxyl groups is 1. The number of ether oxygens (including phenoxy) is 1. The zero-order chi connectivity index (χ0) is 17.0. The van der Waals surface area contributed by atoms with Crippen molar-refractivity contribution < 1.29 is 9.84 Å². The lowest BCUT2D eigenvalue weighted by atomic mass is 10.1.